The van der Waals surface area contributed by atoms with Gasteiger partial charge in [-0.05, 0) is 38.9 Å². The number of imidazole rings is 1. The number of pyridine rings is 1. The summed E-state index contributed by atoms with van der Waals surface area (Å²) in [6.45, 7) is 8.33. The Morgan fingerprint density at radius 2 is 2.24 bits per heavy atom. The molecule has 1 N–H and O–H groups in total. The third-order valence-electron chi connectivity index (χ3n) is 2.75. The SMILES string of the molecule is CCCNCc1nc2cccnc2n1C(C)C. The minimum absolute atomic E-state index is 0.383. The minimum Gasteiger partial charge on any atom is -0.310 e. The summed E-state index contributed by atoms with van der Waals surface area (Å²) in [6.07, 6.45) is 2.96. The van der Waals surface area contributed by atoms with Crippen LogP contribution in [0.1, 0.15) is 39.1 Å². The smallest absolute Gasteiger partial charge is 0.160 e. The first kappa shape index (κ1) is 12.0. The number of hydrogen-bond donors (Lipinski definition) is 1. The van der Waals surface area contributed by atoms with E-state index in [1.807, 2.05) is 18.3 Å². The number of aromatic nitrogens is 3. The molecule has 0 aliphatic carbocycles. The summed E-state index contributed by atoms with van der Waals surface area (Å²) in [5.41, 5.74) is 1.96. The quantitative estimate of drug-likeness (QED) is 0.805. The fourth-order valence-corrected chi connectivity index (χ4v) is 2.02. The third kappa shape index (κ3) is 2.47. The van der Waals surface area contributed by atoms with Gasteiger partial charge in [-0.2, -0.15) is 0 Å². The van der Waals surface area contributed by atoms with Crippen LogP contribution in [0.3, 0.4) is 0 Å². The number of nitrogens with one attached hydrogen (secondary N) is 1. The van der Waals surface area contributed by atoms with Crippen molar-refractivity contribution in [1.82, 2.24) is 19.9 Å². The van der Waals surface area contributed by atoms with E-state index in [2.05, 4.69) is 40.6 Å². The highest BCUT2D eigenvalue weighted by atomic mass is 15.2. The highest BCUT2D eigenvalue weighted by Crippen LogP contribution is 2.18. The molecule has 0 aliphatic rings. The normalized spacial score (nSPS) is 11.5. The van der Waals surface area contributed by atoms with Crippen molar-refractivity contribution in [3.63, 3.8) is 0 Å². The lowest BCUT2D eigenvalue weighted by Crippen LogP contribution is -2.18. The largest absolute Gasteiger partial charge is 0.310 e. The molecule has 4 nitrogen and oxygen atoms in total. The van der Waals surface area contributed by atoms with Gasteiger partial charge in [-0.1, -0.05) is 6.92 Å². The van der Waals surface area contributed by atoms with Gasteiger partial charge in [0.05, 0.1) is 6.54 Å². The summed E-state index contributed by atoms with van der Waals surface area (Å²) in [7, 11) is 0. The van der Waals surface area contributed by atoms with Crippen LogP contribution in [-0.2, 0) is 6.54 Å². The Kier molecular flexibility index (Phi) is 3.74. The second kappa shape index (κ2) is 5.27. The minimum atomic E-state index is 0.383. The Hall–Kier alpha value is -1.42. The molecule has 0 aromatic carbocycles. The first-order chi connectivity index (χ1) is 8.24. The van der Waals surface area contributed by atoms with Crippen molar-refractivity contribution in [2.24, 2.45) is 0 Å². The third-order valence-corrected chi connectivity index (χ3v) is 2.75. The van der Waals surface area contributed by atoms with Crippen LogP contribution in [0, 0.1) is 0 Å². The average Bonchev–Trinajstić information content (AvgIpc) is 2.67. The number of nitrogens with zero attached hydrogens (tertiary/aromatic N) is 3. The number of fused-ring (bicyclic) bond motifs is 1. The molecule has 2 heterocycles. The Labute approximate surface area is 102 Å². The van der Waals surface area contributed by atoms with Gasteiger partial charge >= 0.3 is 0 Å². The van der Waals surface area contributed by atoms with Crippen molar-refractivity contribution in [2.75, 3.05) is 6.54 Å². The molecule has 2 rings (SSSR count). The Morgan fingerprint density at radius 1 is 1.41 bits per heavy atom. The molecule has 0 aliphatic heterocycles. The second-order valence-electron chi connectivity index (χ2n) is 4.51. The van der Waals surface area contributed by atoms with Crippen LogP contribution < -0.4 is 5.32 Å². The van der Waals surface area contributed by atoms with E-state index in [1.54, 1.807) is 0 Å². The molecule has 2 aromatic rings. The molecule has 0 bridgehead atoms. The molecule has 0 amide bonds. The predicted molar refractivity (Wildman–Crippen MR) is 69.9 cm³/mol. The second-order valence-corrected chi connectivity index (χ2v) is 4.51. The monoisotopic (exact) mass is 232 g/mol. The summed E-state index contributed by atoms with van der Waals surface area (Å²) >= 11 is 0. The van der Waals surface area contributed by atoms with E-state index in [1.165, 1.54) is 0 Å². The van der Waals surface area contributed by atoms with Gasteiger partial charge < -0.3 is 9.88 Å². The van der Waals surface area contributed by atoms with Crippen LogP contribution in [-0.4, -0.2) is 21.1 Å². The summed E-state index contributed by atoms with van der Waals surface area (Å²) in [6, 6.07) is 4.33. The Bertz CT molecular complexity index is 487. The summed E-state index contributed by atoms with van der Waals surface area (Å²) in [4.78, 5) is 9.07. The lowest BCUT2D eigenvalue weighted by atomic mass is 10.3. The molecule has 0 saturated heterocycles. The predicted octanol–water partition coefficient (Wildman–Crippen LogP) is 2.51. The summed E-state index contributed by atoms with van der Waals surface area (Å²) < 4.78 is 2.21. The van der Waals surface area contributed by atoms with E-state index in [4.69, 9.17) is 0 Å². The molecule has 0 saturated carbocycles. The molecule has 17 heavy (non-hydrogen) atoms. The molecule has 2 aromatic heterocycles. The molecule has 0 radical (unpaired) electrons. The van der Waals surface area contributed by atoms with E-state index in [9.17, 15) is 0 Å². The maximum absolute atomic E-state index is 4.64. The van der Waals surface area contributed by atoms with Crippen LogP contribution in [0.15, 0.2) is 18.3 Å². The number of hydrogen-bond acceptors (Lipinski definition) is 3. The van der Waals surface area contributed by atoms with Gasteiger partial charge in [0.1, 0.15) is 11.3 Å². The maximum atomic E-state index is 4.64. The Balaban J connectivity index is 2.36. The lowest BCUT2D eigenvalue weighted by molar-refractivity contribution is 0.550. The zero-order chi connectivity index (χ0) is 12.3. The van der Waals surface area contributed by atoms with Crippen LogP contribution in [0.25, 0.3) is 11.2 Å². The van der Waals surface area contributed by atoms with Crippen molar-refractivity contribution in [3.8, 4) is 0 Å². The van der Waals surface area contributed by atoms with Gasteiger partial charge in [-0.25, -0.2) is 9.97 Å². The fourth-order valence-electron chi connectivity index (χ4n) is 2.02. The van der Waals surface area contributed by atoms with E-state index < -0.39 is 0 Å². The van der Waals surface area contributed by atoms with Gasteiger partial charge in [0.15, 0.2) is 5.65 Å². The maximum Gasteiger partial charge on any atom is 0.160 e. The van der Waals surface area contributed by atoms with E-state index in [0.29, 0.717) is 6.04 Å². The molecule has 0 spiro atoms. The van der Waals surface area contributed by atoms with Crippen LogP contribution >= 0.6 is 0 Å². The van der Waals surface area contributed by atoms with Crippen molar-refractivity contribution in [1.29, 1.82) is 0 Å². The molecule has 4 heteroatoms. The van der Waals surface area contributed by atoms with Gasteiger partial charge in [0, 0.05) is 12.2 Å². The molecule has 0 fully saturated rings. The number of rotatable bonds is 5. The fraction of sp³-hybridized carbons (Fsp3) is 0.538. The molecule has 0 unspecified atom stereocenters. The molecular formula is C13H20N4. The van der Waals surface area contributed by atoms with E-state index in [-0.39, 0.29) is 0 Å². The summed E-state index contributed by atoms with van der Waals surface area (Å²) in [5, 5.41) is 3.40. The van der Waals surface area contributed by atoms with Crippen LogP contribution in [0.2, 0.25) is 0 Å². The standard InChI is InChI=1S/C13H20N4/c1-4-7-14-9-12-16-11-6-5-8-15-13(11)17(12)10(2)3/h5-6,8,10,14H,4,7,9H2,1-3H3. The van der Waals surface area contributed by atoms with Gasteiger partial charge in [-0.15, -0.1) is 0 Å². The van der Waals surface area contributed by atoms with Gasteiger partial charge in [-0.3, -0.25) is 0 Å². The summed E-state index contributed by atoms with van der Waals surface area (Å²) in [5.74, 6) is 1.07. The van der Waals surface area contributed by atoms with E-state index >= 15 is 0 Å². The Morgan fingerprint density at radius 3 is 2.94 bits per heavy atom. The highest BCUT2D eigenvalue weighted by molar-refractivity contribution is 5.71. The molecule has 92 valence electrons. The zero-order valence-corrected chi connectivity index (χ0v) is 10.8. The average molecular weight is 232 g/mol. The molecule has 0 atom stereocenters. The van der Waals surface area contributed by atoms with Crippen molar-refractivity contribution >= 4 is 11.2 Å². The first-order valence-electron chi connectivity index (χ1n) is 6.26. The highest BCUT2D eigenvalue weighted by Gasteiger charge is 2.13. The van der Waals surface area contributed by atoms with Gasteiger partial charge in [0.2, 0.25) is 0 Å². The van der Waals surface area contributed by atoms with Crippen molar-refractivity contribution < 1.29 is 0 Å². The zero-order valence-electron chi connectivity index (χ0n) is 10.8. The van der Waals surface area contributed by atoms with Crippen molar-refractivity contribution in [3.05, 3.63) is 24.2 Å². The molecular weight excluding hydrogens is 212 g/mol. The van der Waals surface area contributed by atoms with Gasteiger partial charge in [0.25, 0.3) is 0 Å². The van der Waals surface area contributed by atoms with E-state index in [0.717, 1.165) is 36.5 Å². The topological polar surface area (TPSA) is 42.7 Å². The van der Waals surface area contributed by atoms with Crippen LogP contribution in [0.4, 0.5) is 0 Å². The first-order valence-corrected chi connectivity index (χ1v) is 6.26. The van der Waals surface area contributed by atoms with Crippen molar-refractivity contribution in [2.45, 2.75) is 39.8 Å². The van der Waals surface area contributed by atoms with Crippen LogP contribution in [0.5, 0.6) is 0 Å². The lowest BCUT2D eigenvalue weighted by Gasteiger charge is -2.12.